The van der Waals surface area contributed by atoms with Gasteiger partial charge in [-0.1, -0.05) is 27.7 Å². The Bertz CT molecular complexity index is 195. The second kappa shape index (κ2) is 9.81. The average molecular weight is 262 g/mol. The highest BCUT2D eigenvalue weighted by molar-refractivity contribution is 7.53. The molecule has 0 aliphatic heterocycles. The summed E-state index contributed by atoms with van der Waals surface area (Å²) in [4.78, 5) is 11.7. The Hall–Kier alpha value is -0.180. The molecule has 0 saturated heterocycles. The van der Waals surface area contributed by atoms with Crippen molar-refractivity contribution in [1.82, 2.24) is 9.34 Å². The third-order valence-electron chi connectivity index (χ3n) is 2.69. The predicted octanol–water partition coefficient (Wildman–Crippen LogP) is 2.55. The van der Waals surface area contributed by atoms with Gasteiger partial charge in [0.2, 0.25) is 0 Å². The highest BCUT2D eigenvalue weighted by Gasteiger charge is 2.24. The summed E-state index contributed by atoms with van der Waals surface area (Å²) in [6.07, 6.45) is 0.520. The van der Waals surface area contributed by atoms with E-state index in [1.165, 1.54) is 0 Å². The summed E-state index contributed by atoms with van der Waals surface area (Å²) in [6.45, 7) is 14.8. The molecule has 0 saturated carbocycles. The zero-order valence-electron chi connectivity index (χ0n) is 11.9. The number of ether oxygens (including phenoxy) is 1. The summed E-state index contributed by atoms with van der Waals surface area (Å²) in [5.74, 6) is -0.0718. The molecule has 102 valence electrons. The van der Waals surface area contributed by atoms with Crippen molar-refractivity contribution in [3.8, 4) is 0 Å². The van der Waals surface area contributed by atoms with Crippen LogP contribution in [-0.2, 0) is 9.53 Å². The number of esters is 1. The molecule has 0 rings (SSSR count). The van der Waals surface area contributed by atoms with Gasteiger partial charge in [0.05, 0.1) is 21.0 Å². The molecule has 0 heterocycles. The molecule has 0 aromatic rings. The maximum atomic E-state index is 11.7. The number of nitrogens with zero attached hydrogens (tertiary/aromatic N) is 2. The van der Waals surface area contributed by atoms with Crippen molar-refractivity contribution in [2.45, 2.75) is 34.6 Å². The lowest BCUT2D eigenvalue weighted by atomic mass is 10.7. The summed E-state index contributed by atoms with van der Waals surface area (Å²) in [6, 6.07) is 0. The average Bonchev–Trinajstić information content (AvgIpc) is 2.32. The Morgan fingerprint density at radius 3 is 1.65 bits per heavy atom. The molecule has 0 atom stereocenters. The minimum absolute atomic E-state index is 0.0718. The molecule has 0 aromatic heterocycles. The Morgan fingerprint density at radius 2 is 1.35 bits per heavy atom. The molecule has 0 radical (unpaired) electrons. The van der Waals surface area contributed by atoms with Crippen LogP contribution in [-0.4, -0.2) is 54.3 Å². The molecule has 0 aromatic carbocycles. The number of hydrogen-bond acceptors (Lipinski definition) is 4. The summed E-state index contributed by atoms with van der Waals surface area (Å²) in [5, 5.41) is 0. The second-order valence-corrected chi connectivity index (χ2v) is 5.81. The van der Waals surface area contributed by atoms with Crippen LogP contribution in [0.2, 0.25) is 0 Å². The standard InChI is InChI=1S/C12H27N2O2P/c1-6-13(7-2)17(14(8-3)9-4)11-12(15)16-10-5/h6-11H2,1-5H3. The van der Waals surface area contributed by atoms with Crippen molar-refractivity contribution in [3.05, 3.63) is 0 Å². The first kappa shape index (κ1) is 16.8. The van der Waals surface area contributed by atoms with E-state index in [-0.39, 0.29) is 5.97 Å². The maximum Gasteiger partial charge on any atom is 0.312 e. The van der Waals surface area contributed by atoms with Crippen LogP contribution < -0.4 is 0 Å². The quantitative estimate of drug-likeness (QED) is 0.472. The first-order chi connectivity index (χ1) is 8.14. The fourth-order valence-electron chi connectivity index (χ4n) is 1.80. The van der Waals surface area contributed by atoms with Crippen LogP contribution in [0, 0.1) is 0 Å². The lowest BCUT2D eigenvalue weighted by Crippen LogP contribution is -2.32. The number of carbonyl (C=O) groups excluding carboxylic acids is 1. The zero-order chi connectivity index (χ0) is 13.3. The Kier molecular flexibility index (Phi) is 9.71. The van der Waals surface area contributed by atoms with E-state index in [0.717, 1.165) is 26.2 Å². The van der Waals surface area contributed by atoms with Crippen LogP contribution in [0.3, 0.4) is 0 Å². The molecule has 0 spiro atoms. The van der Waals surface area contributed by atoms with Gasteiger partial charge in [0.15, 0.2) is 0 Å². The molecule has 0 bridgehead atoms. The van der Waals surface area contributed by atoms with Gasteiger partial charge < -0.3 is 4.74 Å². The SMILES string of the molecule is CCOC(=O)CP(N(CC)CC)N(CC)CC. The predicted molar refractivity (Wildman–Crippen MR) is 74.3 cm³/mol. The van der Waals surface area contributed by atoms with Gasteiger partial charge in [-0.15, -0.1) is 0 Å². The van der Waals surface area contributed by atoms with Crippen molar-refractivity contribution in [2.75, 3.05) is 38.9 Å². The summed E-state index contributed by atoms with van der Waals surface area (Å²) in [5.41, 5.74) is 0. The fraction of sp³-hybridized carbons (Fsp3) is 0.917. The van der Waals surface area contributed by atoms with Gasteiger partial charge in [-0.3, -0.25) is 14.1 Å². The topological polar surface area (TPSA) is 32.8 Å². The molecule has 17 heavy (non-hydrogen) atoms. The summed E-state index contributed by atoms with van der Waals surface area (Å²) in [7, 11) is -0.547. The zero-order valence-corrected chi connectivity index (χ0v) is 12.8. The van der Waals surface area contributed by atoms with Gasteiger partial charge in [-0.2, -0.15) is 0 Å². The van der Waals surface area contributed by atoms with E-state index in [1.807, 2.05) is 6.92 Å². The first-order valence-corrected chi connectivity index (χ1v) is 8.00. The molecule has 0 aliphatic rings. The van der Waals surface area contributed by atoms with Crippen LogP contribution in [0.25, 0.3) is 0 Å². The van der Waals surface area contributed by atoms with E-state index < -0.39 is 8.22 Å². The normalized spacial score (nSPS) is 11.5. The molecule has 5 heteroatoms. The third-order valence-corrected chi connectivity index (χ3v) is 5.67. The van der Waals surface area contributed by atoms with Gasteiger partial charge in [-0.25, -0.2) is 0 Å². The lowest BCUT2D eigenvalue weighted by Gasteiger charge is -2.36. The van der Waals surface area contributed by atoms with Crippen LogP contribution in [0.1, 0.15) is 34.6 Å². The molecule has 0 fully saturated rings. The van der Waals surface area contributed by atoms with E-state index in [2.05, 4.69) is 37.0 Å². The van der Waals surface area contributed by atoms with Crippen molar-refractivity contribution < 1.29 is 9.53 Å². The number of hydrogen-bond donors (Lipinski definition) is 0. The summed E-state index contributed by atoms with van der Waals surface area (Å²) < 4.78 is 9.82. The Balaban J connectivity index is 4.64. The van der Waals surface area contributed by atoms with E-state index in [1.54, 1.807) is 0 Å². The molecule has 0 amide bonds. The molecule has 4 nitrogen and oxygen atoms in total. The Labute approximate surface area is 107 Å². The van der Waals surface area contributed by atoms with Gasteiger partial charge in [-0.05, 0) is 6.92 Å². The monoisotopic (exact) mass is 262 g/mol. The van der Waals surface area contributed by atoms with Crippen LogP contribution >= 0.6 is 8.22 Å². The molecule has 0 unspecified atom stereocenters. The third kappa shape index (κ3) is 5.80. The first-order valence-electron chi connectivity index (χ1n) is 6.57. The minimum Gasteiger partial charge on any atom is -0.466 e. The lowest BCUT2D eigenvalue weighted by molar-refractivity contribution is -0.140. The van der Waals surface area contributed by atoms with Gasteiger partial charge in [0.1, 0.15) is 0 Å². The number of carbonyl (C=O) groups is 1. The van der Waals surface area contributed by atoms with Crippen molar-refractivity contribution >= 4 is 14.2 Å². The second-order valence-electron chi connectivity index (χ2n) is 3.61. The highest BCUT2D eigenvalue weighted by atomic mass is 31.1. The van der Waals surface area contributed by atoms with Crippen molar-refractivity contribution in [2.24, 2.45) is 0 Å². The van der Waals surface area contributed by atoms with Gasteiger partial charge >= 0.3 is 5.97 Å². The summed E-state index contributed by atoms with van der Waals surface area (Å²) >= 11 is 0. The van der Waals surface area contributed by atoms with E-state index in [0.29, 0.717) is 12.8 Å². The van der Waals surface area contributed by atoms with E-state index in [4.69, 9.17) is 4.74 Å². The van der Waals surface area contributed by atoms with Gasteiger partial charge in [0, 0.05) is 26.2 Å². The minimum atomic E-state index is -0.547. The molecular weight excluding hydrogens is 235 g/mol. The van der Waals surface area contributed by atoms with Crippen LogP contribution in [0.5, 0.6) is 0 Å². The van der Waals surface area contributed by atoms with Crippen molar-refractivity contribution in [1.29, 1.82) is 0 Å². The van der Waals surface area contributed by atoms with Crippen molar-refractivity contribution in [3.63, 3.8) is 0 Å². The van der Waals surface area contributed by atoms with Gasteiger partial charge in [0.25, 0.3) is 0 Å². The van der Waals surface area contributed by atoms with E-state index in [9.17, 15) is 4.79 Å². The molecule has 0 aliphatic carbocycles. The van der Waals surface area contributed by atoms with E-state index >= 15 is 0 Å². The molecule has 0 N–H and O–H groups in total. The largest absolute Gasteiger partial charge is 0.466 e. The maximum absolute atomic E-state index is 11.7. The molecular formula is C12H27N2O2P. The smallest absolute Gasteiger partial charge is 0.312 e. The van der Waals surface area contributed by atoms with Crippen LogP contribution in [0.15, 0.2) is 0 Å². The highest BCUT2D eigenvalue weighted by Crippen LogP contribution is 2.43. The van der Waals surface area contributed by atoms with Crippen LogP contribution in [0.4, 0.5) is 0 Å². The Morgan fingerprint density at radius 1 is 0.941 bits per heavy atom. The fourth-order valence-corrected chi connectivity index (χ4v) is 4.19. The number of rotatable bonds is 9.